The van der Waals surface area contributed by atoms with Gasteiger partial charge in [-0.25, -0.2) is 9.59 Å². The summed E-state index contributed by atoms with van der Waals surface area (Å²) in [5, 5.41) is 0. The van der Waals surface area contributed by atoms with Gasteiger partial charge in [0, 0.05) is 48.4 Å². The van der Waals surface area contributed by atoms with Crippen molar-refractivity contribution in [2.75, 3.05) is 19.7 Å². The Labute approximate surface area is 171 Å². The van der Waals surface area contributed by atoms with Crippen LogP contribution in [0.3, 0.4) is 0 Å². The van der Waals surface area contributed by atoms with Gasteiger partial charge in [-0.3, -0.25) is 4.98 Å². The van der Waals surface area contributed by atoms with Crippen LogP contribution in [0.25, 0.3) is 11.3 Å². The minimum absolute atomic E-state index is 0.142. The van der Waals surface area contributed by atoms with Crippen LogP contribution in [-0.4, -0.2) is 52.2 Å². The molecular weight excluding hydrogens is 370 g/mol. The zero-order valence-corrected chi connectivity index (χ0v) is 17.5. The average molecular weight is 399 g/mol. The summed E-state index contributed by atoms with van der Waals surface area (Å²) in [4.78, 5) is 34.1. The highest BCUT2D eigenvalue weighted by atomic mass is 16.6. The lowest BCUT2D eigenvalue weighted by Gasteiger charge is -2.33. The molecule has 1 saturated heterocycles. The quantitative estimate of drug-likeness (QED) is 0.772. The van der Waals surface area contributed by atoms with Gasteiger partial charge in [0.15, 0.2) is 0 Å². The summed E-state index contributed by atoms with van der Waals surface area (Å²) in [5.74, 6) is -0.183. The number of hydrogen-bond donors (Lipinski definition) is 1. The van der Waals surface area contributed by atoms with E-state index in [0.29, 0.717) is 25.3 Å². The number of rotatable bonds is 4. The Hall–Kier alpha value is -2.83. The molecule has 7 heteroatoms. The molecule has 0 bridgehead atoms. The molecule has 0 radical (unpaired) electrons. The first-order valence-electron chi connectivity index (χ1n) is 10.1. The van der Waals surface area contributed by atoms with Crippen LogP contribution in [-0.2, 0) is 9.47 Å². The van der Waals surface area contributed by atoms with E-state index in [0.717, 1.165) is 29.8 Å². The predicted molar refractivity (Wildman–Crippen MR) is 110 cm³/mol. The summed E-state index contributed by atoms with van der Waals surface area (Å²) in [6.07, 6.45) is 4.66. The fourth-order valence-electron chi connectivity index (χ4n) is 3.53. The number of H-pyrrole nitrogens is 1. The number of aromatic amines is 1. The molecule has 1 N–H and O–H groups in total. The van der Waals surface area contributed by atoms with Gasteiger partial charge >= 0.3 is 12.1 Å². The second kappa shape index (κ2) is 8.68. The number of carbonyl (C=O) groups is 2. The number of aromatic nitrogens is 2. The first kappa shape index (κ1) is 20.9. The fraction of sp³-hybridized carbons (Fsp3) is 0.500. The van der Waals surface area contributed by atoms with E-state index in [-0.39, 0.29) is 18.0 Å². The smallest absolute Gasteiger partial charge is 0.410 e. The molecule has 2 aromatic rings. The molecule has 1 aliphatic rings. The van der Waals surface area contributed by atoms with E-state index in [9.17, 15) is 9.59 Å². The van der Waals surface area contributed by atoms with Crippen LogP contribution in [0.5, 0.6) is 0 Å². The van der Waals surface area contributed by atoms with Crippen molar-refractivity contribution in [3.63, 3.8) is 0 Å². The van der Waals surface area contributed by atoms with Gasteiger partial charge in [-0.2, -0.15) is 0 Å². The Balaban J connectivity index is 1.78. The number of nitrogens with zero attached hydrogens (tertiary/aromatic N) is 2. The molecule has 1 amide bonds. The molecule has 7 nitrogen and oxygen atoms in total. The van der Waals surface area contributed by atoms with Gasteiger partial charge in [0.1, 0.15) is 5.60 Å². The molecule has 3 heterocycles. The maximum Gasteiger partial charge on any atom is 0.410 e. The molecule has 2 aromatic heterocycles. The summed E-state index contributed by atoms with van der Waals surface area (Å²) in [5.41, 5.74) is 2.75. The van der Waals surface area contributed by atoms with Crippen LogP contribution in [0.1, 0.15) is 62.5 Å². The summed E-state index contributed by atoms with van der Waals surface area (Å²) < 4.78 is 10.7. The lowest BCUT2D eigenvalue weighted by atomic mass is 9.91. The number of pyridine rings is 1. The first-order chi connectivity index (χ1) is 13.8. The highest BCUT2D eigenvalue weighted by Gasteiger charge is 2.31. The summed E-state index contributed by atoms with van der Waals surface area (Å²) in [6.45, 7) is 8.89. The van der Waals surface area contributed by atoms with Crippen molar-refractivity contribution in [3.8, 4) is 11.3 Å². The van der Waals surface area contributed by atoms with Crippen LogP contribution in [0.2, 0.25) is 0 Å². The minimum Gasteiger partial charge on any atom is -0.462 e. The number of piperidine rings is 1. The number of nitrogens with one attached hydrogen (secondary N) is 1. The van der Waals surface area contributed by atoms with Gasteiger partial charge in [0.25, 0.3) is 0 Å². The third-order valence-electron chi connectivity index (χ3n) is 4.89. The number of amides is 1. The van der Waals surface area contributed by atoms with Gasteiger partial charge in [0.05, 0.1) is 12.2 Å². The highest BCUT2D eigenvalue weighted by Crippen LogP contribution is 2.33. The molecular formula is C22H29N3O4. The molecule has 0 saturated carbocycles. The van der Waals surface area contributed by atoms with Crippen molar-refractivity contribution in [2.45, 2.75) is 52.1 Å². The van der Waals surface area contributed by atoms with E-state index in [2.05, 4.69) is 9.97 Å². The van der Waals surface area contributed by atoms with E-state index >= 15 is 0 Å². The number of ether oxygens (including phenoxy) is 2. The Morgan fingerprint density at radius 3 is 2.45 bits per heavy atom. The lowest BCUT2D eigenvalue weighted by Crippen LogP contribution is -2.41. The van der Waals surface area contributed by atoms with E-state index in [1.807, 2.05) is 39.0 Å². The topological polar surface area (TPSA) is 84.5 Å². The molecule has 0 unspecified atom stereocenters. The van der Waals surface area contributed by atoms with Crippen molar-refractivity contribution < 1.29 is 19.1 Å². The van der Waals surface area contributed by atoms with Crippen molar-refractivity contribution in [1.29, 1.82) is 0 Å². The lowest BCUT2D eigenvalue weighted by molar-refractivity contribution is 0.0202. The zero-order chi connectivity index (χ0) is 21.0. The third-order valence-corrected chi connectivity index (χ3v) is 4.89. The van der Waals surface area contributed by atoms with E-state index in [1.54, 1.807) is 24.2 Å². The molecule has 1 aliphatic heterocycles. The standard InChI is InChI=1S/C22H29N3O4/c1-5-28-20(26)17-14-18(15-6-10-23-11-7-15)24-19(17)16-8-12-25(13-9-16)21(27)29-22(2,3)4/h6-7,10-11,14,16,24H,5,8-9,12-13H2,1-4H3. The van der Waals surface area contributed by atoms with Crippen molar-refractivity contribution in [3.05, 3.63) is 41.9 Å². The van der Waals surface area contributed by atoms with Gasteiger partial charge in [-0.15, -0.1) is 0 Å². The highest BCUT2D eigenvalue weighted by molar-refractivity contribution is 5.92. The second-order valence-electron chi connectivity index (χ2n) is 8.21. The second-order valence-corrected chi connectivity index (χ2v) is 8.21. The zero-order valence-electron chi connectivity index (χ0n) is 17.5. The normalized spacial score (nSPS) is 15.2. The number of carbonyl (C=O) groups excluding carboxylic acids is 2. The number of hydrogen-bond acceptors (Lipinski definition) is 5. The van der Waals surface area contributed by atoms with Crippen molar-refractivity contribution in [1.82, 2.24) is 14.9 Å². The van der Waals surface area contributed by atoms with E-state index in [4.69, 9.17) is 9.47 Å². The number of esters is 1. The van der Waals surface area contributed by atoms with Crippen molar-refractivity contribution >= 4 is 12.1 Å². The Morgan fingerprint density at radius 2 is 1.86 bits per heavy atom. The summed E-state index contributed by atoms with van der Waals surface area (Å²) >= 11 is 0. The predicted octanol–water partition coefficient (Wildman–Crippen LogP) is 4.37. The summed E-state index contributed by atoms with van der Waals surface area (Å²) in [7, 11) is 0. The minimum atomic E-state index is -0.510. The molecule has 1 fully saturated rings. The largest absolute Gasteiger partial charge is 0.462 e. The number of likely N-dealkylation sites (tertiary alicyclic amines) is 1. The van der Waals surface area contributed by atoms with Crippen LogP contribution in [0, 0.1) is 0 Å². The van der Waals surface area contributed by atoms with Gasteiger partial charge in [-0.05, 0) is 58.7 Å². The maximum absolute atomic E-state index is 12.5. The average Bonchev–Trinajstić information content (AvgIpc) is 3.13. The molecule has 0 aliphatic carbocycles. The van der Waals surface area contributed by atoms with Crippen LogP contribution in [0.15, 0.2) is 30.6 Å². The third kappa shape index (κ3) is 5.16. The fourth-order valence-corrected chi connectivity index (χ4v) is 3.53. The molecule has 0 spiro atoms. The Morgan fingerprint density at radius 1 is 1.21 bits per heavy atom. The molecule has 0 atom stereocenters. The van der Waals surface area contributed by atoms with Gasteiger partial charge < -0.3 is 19.4 Å². The van der Waals surface area contributed by atoms with Crippen LogP contribution >= 0.6 is 0 Å². The molecule has 156 valence electrons. The molecule has 29 heavy (non-hydrogen) atoms. The van der Waals surface area contributed by atoms with E-state index in [1.165, 1.54) is 0 Å². The molecule has 3 rings (SSSR count). The van der Waals surface area contributed by atoms with Crippen molar-refractivity contribution in [2.24, 2.45) is 0 Å². The van der Waals surface area contributed by atoms with Gasteiger partial charge in [0.2, 0.25) is 0 Å². The Bertz CT molecular complexity index is 847. The van der Waals surface area contributed by atoms with Crippen LogP contribution in [0.4, 0.5) is 4.79 Å². The first-order valence-corrected chi connectivity index (χ1v) is 10.1. The van der Waals surface area contributed by atoms with Crippen LogP contribution < -0.4 is 0 Å². The Kier molecular flexibility index (Phi) is 6.25. The SMILES string of the molecule is CCOC(=O)c1cc(-c2ccncc2)[nH]c1C1CCN(C(=O)OC(C)(C)C)CC1. The molecule has 0 aromatic carbocycles. The maximum atomic E-state index is 12.5. The van der Waals surface area contributed by atoms with Gasteiger partial charge in [-0.1, -0.05) is 0 Å². The summed E-state index contributed by atoms with van der Waals surface area (Å²) in [6, 6.07) is 5.65. The monoisotopic (exact) mass is 399 g/mol. The van der Waals surface area contributed by atoms with E-state index < -0.39 is 5.60 Å².